The molecule has 0 saturated carbocycles. The Bertz CT molecular complexity index is 1260. The predicted octanol–water partition coefficient (Wildman–Crippen LogP) is 5.47. The number of ether oxygens (including phenoxy) is 2. The maximum absolute atomic E-state index is 13.0. The van der Waals surface area contributed by atoms with E-state index in [1.807, 2.05) is 36.4 Å². The SMILES string of the molecule is COc1ccc(C(=O)NN2C(=O)/C(=C\c3ccccc3OCc3ccc(Cl)cc3)SC2=S)cc1. The minimum absolute atomic E-state index is 0.234. The second-order valence-electron chi connectivity index (χ2n) is 7.14. The highest BCUT2D eigenvalue weighted by Gasteiger charge is 2.34. The molecule has 0 atom stereocenters. The van der Waals surface area contributed by atoms with Crippen molar-refractivity contribution in [2.75, 3.05) is 7.11 Å². The predicted molar refractivity (Wildman–Crippen MR) is 138 cm³/mol. The van der Waals surface area contributed by atoms with Gasteiger partial charge in [-0.1, -0.05) is 53.7 Å². The maximum atomic E-state index is 13.0. The molecular formula is C25H19ClN2O4S2. The van der Waals surface area contributed by atoms with Crippen LogP contribution < -0.4 is 14.9 Å². The van der Waals surface area contributed by atoms with E-state index in [4.69, 9.17) is 33.3 Å². The van der Waals surface area contributed by atoms with Crippen molar-refractivity contribution in [3.05, 3.63) is 99.4 Å². The minimum atomic E-state index is -0.452. The van der Waals surface area contributed by atoms with Gasteiger partial charge in [-0.2, -0.15) is 5.01 Å². The number of para-hydroxylation sites is 1. The number of hydrogen-bond donors (Lipinski definition) is 1. The summed E-state index contributed by atoms with van der Waals surface area (Å²) in [5.41, 5.74) is 4.63. The molecule has 172 valence electrons. The molecule has 9 heteroatoms. The van der Waals surface area contributed by atoms with Crippen LogP contribution in [0.25, 0.3) is 6.08 Å². The second kappa shape index (κ2) is 10.7. The first-order valence-electron chi connectivity index (χ1n) is 10.1. The molecular weight excluding hydrogens is 492 g/mol. The van der Waals surface area contributed by atoms with Gasteiger partial charge in [-0.3, -0.25) is 15.0 Å². The summed E-state index contributed by atoms with van der Waals surface area (Å²) in [6.45, 7) is 0.348. The largest absolute Gasteiger partial charge is 0.497 e. The Labute approximate surface area is 211 Å². The number of benzene rings is 3. The van der Waals surface area contributed by atoms with Gasteiger partial charge in [-0.25, -0.2) is 0 Å². The first-order valence-corrected chi connectivity index (χ1v) is 11.7. The molecule has 0 aliphatic carbocycles. The first kappa shape index (κ1) is 23.8. The number of carbonyl (C=O) groups is 2. The lowest BCUT2D eigenvalue weighted by molar-refractivity contribution is -0.123. The van der Waals surface area contributed by atoms with Crippen LogP contribution in [0, 0.1) is 0 Å². The Kier molecular flexibility index (Phi) is 7.52. The van der Waals surface area contributed by atoms with Crippen molar-refractivity contribution in [1.29, 1.82) is 0 Å². The van der Waals surface area contributed by atoms with Crippen molar-refractivity contribution in [3.8, 4) is 11.5 Å². The number of thioether (sulfide) groups is 1. The smallest absolute Gasteiger partial charge is 0.285 e. The minimum Gasteiger partial charge on any atom is -0.497 e. The maximum Gasteiger partial charge on any atom is 0.285 e. The molecule has 6 nitrogen and oxygen atoms in total. The summed E-state index contributed by atoms with van der Waals surface area (Å²) in [4.78, 5) is 25.9. The fourth-order valence-electron chi connectivity index (χ4n) is 3.09. The summed E-state index contributed by atoms with van der Waals surface area (Å²) < 4.78 is 11.3. The van der Waals surface area contributed by atoms with Gasteiger partial charge in [0, 0.05) is 16.1 Å². The molecule has 1 heterocycles. The second-order valence-corrected chi connectivity index (χ2v) is 9.25. The van der Waals surface area contributed by atoms with E-state index < -0.39 is 11.8 Å². The number of amides is 2. The van der Waals surface area contributed by atoms with Gasteiger partial charge in [0.2, 0.25) is 0 Å². The van der Waals surface area contributed by atoms with Gasteiger partial charge in [-0.05, 0) is 66.3 Å². The molecule has 1 saturated heterocycles. The molecule has 0 aromatic heterocycles. The molecule has 1 aliphatic rings. The summed E-state index contributed by atoms with van der Waals surface area (Å²) in [5.74, 6) is 0.378. The highest BCUT2D eigenvalue weighted by atomic mass is 35.5. The number of rotatable bonds is 7. The van der Waals surface area contributed by atoms with Crippen LogP contribution in [0.1, 0.15) is 21.5 Å². The lowest BCUT2D eigenvalue weighted by Crippen LogP contribution is -2.44. The van der Waals surface area contributed by atoms with Crippen LogP contribution in [0.15, 0.2) is 77.7 Å². The van der Waals surface area contributed by atoms with E-state index in [0.29, 0.717) is 33.6 Å². The highest BCUT2D eigenvalue weighted by molar-refractivity contribution is 8.26. The molecule has 1 N–H and O–H groups in total. The number of nitrogens with zero attached hydrogens (tertiary/aromatic N) is 1. The molecule has 3 aromatic carbocycles. The lowest BCUT2D eigenvalue weighted by atomic mass is 10.2. The number of nitrogens with one attached hydrogen (secondary N) is 1. The first-order chi connectivity index (χ1) is 16.4. The van der Waals surface area contributed by atoms with Crippen LogP contribution in [0.5, 0.6) is 11.5 Å². The monoisotopic (exact) mass is 510 g/mol. The molecule has 0 bridgehead atoms. The van der Waals surface area contributed by atoms with E-state index in [0.717, 1.165) is 27.9 Å². The third kappa shape index (κ3) is 5.59. The Balaban J connectivity index is 1.47. The molecule has 0 unspecified atom stereocenters. The van der Waals surface area contributed by atoms with Crippen LogP contribution in [-0.2, 0) is 11.4 Å². The number of methoxy groups -OCH3 is 1. The number of hydrogen-bond acceptors (Lipinski definition) is 6. The van der Waals surface area contributed by atoms with Crippen LogP contribution in [0.3, 0.4) is 0 Å². The van der Waals surface area contributed by atoms with E-state index in [2.05, 4.69) is 5.43 Å². The average Bonchev–Trinajstić information content (AvgIpc) is 3.11. The zero-order valence-electron chi connectivity index (χ0n) is 18.0. The molecule has 3 aromatic rings. The van der Waals surface area contributed by atoms with Crippen molar-refractivity contribution >= 4 is 57.8 Å². The standard InChI is InChI=1S/C25H19ClN2O4S2/c1-31-20-12-8-17(9-13-20)23(29)27-28-24(30)22(34-25(28)33)14-18-4-2-3-5-21(18)32-15-16-6-10-19(26)11-7-16/h2-14H,15H2,1H3,(H,27,29)/b22-14+. The molecule has 1 aliphatic heterocycles. The van der Waals surface area contributed by atoms with Crippen molar-refractivity contribution < 1.29 is 19.1 Å². The highest BCUT2D eigenvalue weighted by Crippen LogP contribution is 2.33. The molecule has 0 spiro atoms. The third-order valence-electron chi connectivity index (χ3n) is 4.87. The summed E-state index contributed by atoms with van der Waals surface area (Å²) in [7, 11) is 1.54. The van der Waals surface area contributed by atoms with Gasteiger partial charge in [0.15, 0.2) is 4.32 Å². The van der Waals surface area contributed by atoms with Crippen LogP contribution >= 0.6 is 35.6 Å². The van der Waals surface area contributed by atoms with Crippen molar-refractivity contribution in [2.45, 2.75) is 6.61 Å². The summed E-state index contributed by atoms with van der Waals surface area (Å²) in [6.07, 6.45) is 1.70. The molecule has 0 radical (unpaired) electrons. The van der Waals surface area contributed by atoms with Crippen molar-refractivity contribution in [1.82, 2.24) is 10.4 Å². The van der Waals surface area contributed by atoms with Gasteiger partial charge in [-0.15, -0.1) is 0 Å². The van der Waals surface area contributed by atoms with E-state index in [-0.39, 0.29) is 4.32 Å². The Morgan fingerprint density at radius 2 is 1.79 bits per heavy atom. The molecule has 34 heavy (non-hydrogen) atoms. The fourth-order valence-corrected chi connectivity index (χ4v) is 4.38. The topological polar surface area (TPSA) is 67.9 Å². The number of hydrazine groups is 1. The molecule has 4 rings (SSSR count). The Hall–Kier alpha value is -3.33. The fraction of sp³-hybridized carbons (Fsp3) is 0.0800. The van der Waals surface area contributed by atoms with Gasteiger partial charge in [0.05, 0.1) is 12.0 Å². The summed E-state index contributed by atoms with van der Waals surface area (Å²) >= 11 is 12.4. The van der Waals surface area contributed by atoms with E-state index in [1.54, 1.807) is 49.6 Å². The van der Waals surface area contributed by atoms with Gasteiger partial charge in [0.25, 0.3) is 11.8 Å². The zero-order chi connectivity index (χ0) is 24.1. The average molecular weight is 511 g/mol. The van der Waals surface area contributed by atoms with E-state index in [1.165, 1.54) is 0 Å². The number of halogens is 1. The number of carbonyl (C=O) groups excluding carboxylic acids is 2. The third-order valence-corrected chi connectivity index (χ3v) is 6.43. The normalized spacial score (nSPS) is 14.4. The van der Waals surface area contributed by atoms with Crippen molar-refractivity contribution in [2.24, 2.45) is 0 Å². The quantitative estimate of drug-likeness (QED) is 0.335. The summed E-state index contributed by atoms with van der Waals surface area (Å²) in [5, 5.41) is 1.74. The number of thiocarbonyl (C=S) groups is 1. The van der Waals surface area contributed by atoms with Crippen LogP contribution in [0.4, 0.5) is 0 Å². The van der Waals surface area contributed by atoms with Crippen molar-refractivity contribution in [3.63, 3.8) is 0 Å². The van der Waals surface area contributed by atoms with Crippen LogP contribution in [0.2, 0.25) is 5.02 Å². The van der Waals surface area contributed by atoms with E-state index in [9.17, 15) is 9.59 Å². The Morgan fingerprint density at radius 1 is 1.09 bits per heavy atom. The van der Waals surface area contributed by atoms with Gasteiger partial charge >= 0.3 is 0 Å². The zero-order valence-corrected chi connectivity index (χ0v) is 20.4. The lowest BCUT2D eigenvalue weighted by Gasteiger charge is -2.15. The van der Waals surface area contributed by atoms with E-state index >= 15 is 0 Å². The van der Waals surface area contributed by atoms with Gasteiger partial charge < -0.3 is 9.47 Å². The molecule has 1 fully saturated rings. The van der Waals surface area contributed by atoms with Gasteiger partial charge in [0.1, 0.15) is 18.1 Å². The van der Waals surface area contributed by atoms with Crippen LogP contribution in [-0.4, -0.2) is 28.3 Å². The molecule has 2 amide bonds. The Morgan fingerprint density at radius 3 is 2.50 bits per heavy atom. The summed E-state index contributed by atoms with van der Waals surface area (Å²) in [6, 6.07) is 21.3.